The number of benzene rings is 2. The average molecular weight is 775 g/mol. The maximum atomic E-state index is 14.0. The van der Waals surface area contributed by atoms with Gasteiger partial charge in [0, 0.05) is 58.8 Å². The number of hydrogen-bond donors (Lipinski definition) is 2. The summed E-state index contributed by atoms with van der Waals surface area (Å²) in [5.41, 5.74) is -1.75. The molecule has 4 aliphatic heterocycles. The highest BCUT2D eigenvalue weighted by molar-refractivity contribution is 6.42. The third-order valence-electron chi connectivity index (χ3n) is 10.2. The number of nitrogens with one attached hydrogen (secondary N) is 1. The quantitative estimate of drug-likeness (QED) is 0.268. The van der Waals surface area contributed by atoms with Crippen LogP contribution >= 0.6 is 23.2 Å². The van der Waals surface area contributed by atoms with Gasteiger partial charge in [-0.2, -0.15) is 0 Å². The number of likely N-dealkylation sites (N-methyl/N-ethyl adjacent to an activating group) is 2. The van der Waals surface area contributed by atoms with E-state index in [0.29, 0.717) is 36.1 Å². The van der Waals surface area contributed by atoms with E-state index in [2.05, 4.69) is 10.2 Å². The fraction of sp³-hybridized carbons (Fsp3) is 0.500. The van der Waals surface area contributed by atoms with Crippen LogP contribution in [0, 0.1) is 0 Å². The first kappa shape index (κ1) is 38.3. The van der Waals surface area contributed by atoms with Crippen LogP contribution in [0.4, 0.5) is 4.79 Å². The predicted octanol–water partition coefficient (Wildman–Crippen LogP) is 2.83. The first-order chi connectivity index (χ1) is 25.3. The monoisotopic (exact) mass is 773 g/mol. The van der Waals surface area contributed by atoms with Crippen LogP contribution in [0.3, 0.4) is 0 Å². The maximum absolute atomic E-state index is 14.0. The number of carbonyl (C=O) groups excluding carboxylic acids is 6. The Balaban J connectivity index is 1.16. The second-order valence-electron chi connectivity index (χ2n) is 13.8. The Morgan fingerprint density at radius 1 is 0.962 bits per heavy atom. The summed E-state index contributed by atoms with van der Waals surface area (Å²) < 4.78 is 16.1. The number of rotatable bonds is 10. The molecule has 0 radical (unpaired) electrons. The summed E-state index contributed by atoms with van der Waals surface area (Å²) in [5.74, 6) is -5.30. The second-order valence-corrected chi connectivity index (χ2v) is 14.6. The molecule has 0 aromatic heterocycles. The van der Waals surface area contributed by atoms with Crippen LogP contribution in [-0.4, -0.2) is 132 Å². The summed E-state index contributed by atoms with van der Waals surface area (Å²) >= 11 is 12.7. The van der Waals surface area contributed by atoms with E-state index in [4.69, 9.17) is 37.4 Å². The van der Waals surface area contributed by atoms with E-state index in [-0.39, 0.29) is 48.3 Å². The van der Waals surface area contributed by atoms with Gasteiger partial charge in [-0.25, -0.2) is 9.59 Å². The summed E-state index contributed by atoms with van der Waals surface area (Å²) in [6.07, 6.45) is 1.30. The Kier molecular flexibility index (Phi) is 11.5. The molecule has 2 aromatic rings. The van der Waals surface area contributed by atoms with Crippen molar-refractivity contribution >= 4 is 59.0 Å². The summed E-state index contributed by atoms with van der Waals surface area (Å²) in [6, 6.07) is 7.88. The van der Waals surface area contributed by atoms with Gasteiger partial charge < -0.3 is 44.2 Å². The summed E-state index contributed by atoms with van der Waals surface area (Å²) in [7, 11) is 3.14. The van der Waals surface area contributed by atoms with Gasteiger partial charge in [0.15, 0.2) is 17.1 Å². The van der Waals surface area contributed by atoms with Crippen molar-refractivity contribution < 1.29 is 48.1 Å². The normalized spacial score (nSPS) is 21.5. The van der Waals surface area contributed by atoms with Gasteiger partial charge >= 0.3 is 23.9 Å². The number of nitrogens with zero attached hydrogens (tertiary/aromatic N) is 4. The number of aliphatic hydroxyl groups is 1. The lowest BCUT2D eigenvalue weighted by atomic mass is 9.93. The number of hydrogen-bond acceptors (Lipinski definition) is 11. The fourth-order valence-electron chi connectivity index (χ4n) is 7.26. The standard InChI is InChI=1S/C36H41Cl2N5O10/c1-39-28(44)20-42-11-3-12-43(35(42)49)23-9-14-41(15-10-23)13-8-22(21-4-6-25(37)26(38)16-21)19-40(2)33(47)24-5-7-27-32-31(24)52-30(46)18-36(50,34(48)53-32)17-29(45)51-27/h4-7,16,22-23,50H,3,8-15,17-20H2,1-2H3,(H,39,44). The summed E-state index contributed by atoms with van der Waals surface area (Å²) in [4.78, 5) is 84.6. The van der Waals surface area contributed by atoms with Gasteiger partial charge in [0.05, 0.1) is 28.5 Å². The Labute approximate surface area is 316 Å². The van der Waals surface area contributed by atoms with E-state index in [1.807, 2.05) is 11.0 Å². The molecule has 53 heavy (non-hydrogen) atoms. The van der Waals surface area contributed by atoms with Crippen molar-refractivity contribution in [1.29, 1.82) is 0 Å². The number of amides is 4. The third kappa shape index (κ3) is 8.38. The highest BCUT2D eigenvalue weighted by atomic mass is 35.5. The molecular formula is C36H41Cl2N5O10. The minimum absolute atomic E-state index is 0.0455. The minimum Gasteiger partial charge on any atom is -0.422 e. The van der Waals surface area contributed by atoms with Crippen LogP contribution in [0.25, 0.3) is 0 Å². The molecule has 4 heterocycles. The van der Waals surface area contributed by atoms with Gasteiger partial charge in [-0.15, -0.1) is 0 Å². The highest BCUT2D eigenvalue weighted by Gasteiger charge is 2.48. The van der Waals surface area contributed by atoms with Crippen molar-refractivity contribution in [1.82, 2.24) is 24.9 Å². The molecule has 4 amide bonds. The lowest BCUT2D eigenvalue weighted by Gasteiger charge is -2.43. The molecule has 2 atom stereocenters. The topological polar surface area (TPSA) is 175 Å². The molecular weight excluding hydrogens is 733 g/mol. The van der Waals surface area contributed by atoms with E-state index >= 15 is 0 Å². The molecule has 4 aliphatic rings. The lowest BCUT2D eigenvalue weighted by molar-refractivity contribution is -0.170. The molecule has 15 nitrogen and oxygen atoms in total. The van der Waals surface area contributed by atoms with Crippen LogP contribution in [-0.2, 0) is 19.2 Å². The van der Waals surface area contributed by atoms with E-state index < -0.39 is 53.8 Å². The number of fused-ring (bicyclic) bond motifs is 2. The van der Waals surface area contributed by atoms with Crippen molar-refractivity contribution in [3.8, 4) is 17.2 Å². The molecule has 17 heteroatoms. The Morgan fingerprint density at radius 2 is 1.68 bits per heavy atom. The van der Waals surface area contributed by atoms with Gasteiger partial charge in [0.2, 0.25) is 11.7 Å². The van der Waals surface area contributed by atoms with Crippen molar-refractivity contribution in [2.45, 2.75) is 56.1 Å². The first-order valence-corrected chi connectivity index (χ1v) is 18.2. The molecule has 2 bridgehead atoms. The Hall–Kier alpha value is -4.44. The van der Waals surface area contributed by atoms with Crippen LogP contribution in [0.2, 0.25) is 10.0 Å². The highest BCUT2D eigenvalue weighted by Crippen LogP contribution is 2.45. The number of urea groups is 1. The lowest BCUT2D eigenvalue weighted by Crippen LogP contribution is -2.57. The summed E-state index contributed by atoms with van der Waals surface area (Å²) in [6.45, 7) is 3.67. The SMILES string of the molecule is CNC(=O)CN1CCCN(C2CCN(CCC(CN(C)C(=O)c3ccc4c5c3OC(=O)CC(O)(CC(=O)O4)C(=O)O5)c3ccc(Cl)c(Cl)c3)CC2)C1=O. The maximum Gasteiger partial charge on any atom is 0.345 e. The number of likely N-dealkylation sites (tertiary alicyclic amines) is 1. The largest absolute Gasteiger partial charge is 0.422 e. The van der Waals surface area contributed by atoms with Crippen molar-refractivity contribution in [2.75, 3.05) is 59.9 Å². The number of carbonyl (C=O) groups is 6. The number of ether oxygens (including phenoxy) is 3. The van der Waals surface area contributed by atoms with Crippen molar-refractivity contribution in [2.24, 2.45) is 0 Å². The molecule has 2 N–H and O–H groups in total. The van der Waals surface area contributed by atoms with Crippen LogP contribution in [0.5, 0.6) is 17.2 Å². The Morgan fingerprint density at radius 3 is 2.38 bits per heavy atom. The second kappa shape index (κ2) is 15.9. The van der Waals surface area contributed by atoms with Gasteiger partial charge in [-0.1, -0.05) is 29.3 Å². The predicted molar refractivity (Wildman–Crippen MR) is 190 cm³/mol. The first-order valence-electron chi connectivity index (χ1n) is 17.5. The van der Waals surface area contributed by atoms with Gasteiger partial charge in [0.1, 0.15) is 6.54 Å². The minimum atomic E-state index is -2.48. The van der Waals surface area contributed by atoms with E-state index in [1.165, 1.54) is 17.0 Å². The van der Waals surface area contributed by atoms with E-state index in [1.54, 1.807) is 31.1 Å². The fourth-order valence-corrected chi connectivity index (χ4v) is 7.56. The van der Waals surface area contributed by atoms with Gasteiger partial charge in [0.25, 0.3) is 5.91 Å². The number of halogens is 2. The zero-order chi connectivity index (χ0) is 38.0. The molecule has 2 saturated heterocycles. The number of esters is 3. The molecule has 284 valence electrons. The summed E-state index contributed by atoms with van der Waals surface area (Å²) in [5, 5.41) is 14.0. The van der Waals surface area contributed by atoms with E-state index in [9.17, 15) is 33.9 Å². The van der Waals surface area contributed by atoms with E-state index in [0.717, 1.165) is 37.9 Å². The zero-order valence-electron chi connectivity index (χ0n) is 29.4. The molecule has 0 saturated carbocycles. The molecule has 0 aliphatic carbocycles. The third-order valence-corrected chi connectivity index (χ3v) is 10.9. The van der Waals surface area contributed by atoms with Gasteiger partial charge in [-0.05, 0) is 62.1 Å². The molecule has 2 unspecified atom stereocenters. The van der Waals surface area contributed by atoms with Crippen molar-refractivity contribution in [3.63, 3.8) is 0 Å². The van der Waals surface area contributed by atoms with Gasteiger partial charge in [-0.3, -0.25) is 19.2 Å². The average Bonchev–Trinajstić information content (AvgIpc) is 3.12. The smallest absolute Gasteiger partial charge is 0.345 e. The number of piperidine rings is 1. The molecule has 2 fully saturated rings. The molecule has 2 aromatic carbocycles. The zero-order valence-corrected chi connectivity index (χ0v) is 30.9. The van der Waals surface area contributed by atoms with Crippen LogP contribution in [0.15, 0.2) is 30.3 Å². The molecule has 0 spiro atoms. The molecule has 6 rings (SSSR count). The van der Waals surface area contributed by atoms with Crippen LogP contribution < -0.4 is 19.5 Å². The van der Waals surface area contributed by atoms with Crippen molar-refractivity contribution in [3.05, 3.63) is 51.5 Å². The Bertz CT molecular complexity index is 1820. The van der Waals surface area contributed by atoms with Crippen LogP contribution in [0.1, 0.15) is 60.4 Å².